The molecule has 12 heavy (non-hydrogen) atoms. The fourth-order valence-corrected chi connectivity index (χ4v) is 1.92. The van der Waals surface area contributed by atoms with Crippen molar-refractivity contribution >= 4 is 11.0 Å². The Labute approximate surface area is 77.7 Å². The van der Waals surface area contributed by atoms with Crippen molar-refractivity contribution in [1.29, 1.82) is 0 Å². The molecule has 0 aromatic heterocycles. The van der Waals surface area contributed by atoms with E-state index in [-0.39, 0.29) is 4.75 Å². The first kappa shape index (κ1) is 10.2. The van der Waals surface area contributed by atoms with Crippen LogP contribution in [0.2, 0.25) is 0 Å². The van der Waals surface area contributed by atoms with Gasteiger partial charge in [-0.1, -0.05) is 0 Å². The SMILES string of the molecule is C[C@H](N[S@](=O)C(C)(C)C)C1CC1. The van der Waals surface area contributed by atoms with E-state index in [1.165, 1.54) is 12.8 Å². The van der Waals surface area contributed by atoms with Crippen LogP contribution in [0.1, 0.15) is 40.5 Å². The standard InChI is InChI=1S/C9H19NOS/c1-7(8-5-6-8)10-12(11)9(2,3)4/h7-8,10H,5-6H2,1-4H3/t7-,12+/m0/s1. The maximum absolute atomic E-state index is 11.6. The van der Waals surface area contributed by atoms with Gasteiger partial charge in [0.05, 0.1) is 15.7 Å². The van der Waals surface area contributed by atoms with Gasteiger partial charge in [-0.05, 0) is 46.5 Å². The largest absolute Gasteiger partial charge is 0.242 e. The summed E-state index contributed by atoms with van der Waals surface area (Å²) in [5.74, 6) is 0.774. The molecule has 2 nitrogen and oxygen atoms in total. The third-order valence-corrected chi connectivity index (χ3v) is 3.88. The van der Waals surface area contributed by atoms with Crippen LogP contribution in [0.5, 0.6) is 0 Å². The van der Waals surface area contributed by atoms with Crippen LogP contribution in [0.25, 0.3) is 0 Å². The lowest BCUT2D eigenvalue weighted by molar-refractivity contribution is 0.568. The van der Waals surface area contributed by atoms with Gasteiger partial charge in [-0.15, -0.1) is 0 Å². The molecule has 0 radical (unpaired) electrons. The van der Waals surface area contributed by atoms with Crippen molar-refractivity contribution in [2.75, 3.05) is 0 Å². The van der Waals surface area contributed by atoms with Crippen molar-refractivity contribution in [3.8, 4) is 0 Å². The van der Waals surface area contributed by atoms with E-state index in [1.54, 1.807) is 0 Å². The predicted molar refractivity (Wildman–Crippen MR) is 53.2 cm³/mol. The first-order valence-corrected chi connectivity index (χ1v) is 5.74. The minimum absolute atomic E-state index is 0.136. The molecule has 72 valence electrons. The van der Waals surface area contributed by atoms with Gasteiger partial charge < -0.3 is 0 Å². The minimum Gasteiger partial charge on any atom is -0.242 e. The molecule has 1 fully saturated rings. The highest BCUT2D eigenvalue weighted by atomic mass is 32.2. The van der Waals surface area contributed by atoms with Crippen molar-refractivity contribution in [2.24, 2.45) is 5.92 Å². The molecule has 3 heteroatoms. The second-order valence-electron chi connectivity index (χ2n) is 4.63. The fourth-order valence-electron chi connectivity index (χ4n) is 1.04. The van der Waals surface area contributed by atoms with Gasteiger partial charge in [0, 0.05) is 6.04 Å². The normalized spacial score (nSPS) is 23.7. The summed E-state index contributed by atoms with van der Waals surface area (Å²) in [4.78, 5) is 0. The quantitative estimate of drug-likeness (QED) is 0.721. The van der Waals surface area contributed by atoms with Crippen LogP contribution in [0.3, 0.4) is 0 Å². The van der Waals surface area contributed by atoms with E-state index < -0.39 is 11.0 Å². The van der Waals surface area contributed by atoms with Crippen molar-refractivity contribution in [2.45, 2.75) is 51.3 Å². The van der Waals surface area contributed by atoms with Gasteiger partial charge in [0.25, 0.3) is 0 Å². The molecule has 2 atom stereocenters. The highest BCUT2D eigenvalue weighted by Gasteiger charge is 2.31. The number of hydrogen-bond donors (Lipinski definition) is 1. The summed E-state index contributed by atoms with van der Waals surface area (Å²) in [6, 6.07) is 0.421. The summed E-state index contributed by atoms with van der Waals surface area (Å²) in [5.41, 5.74) is 0. The third kappa shape index (κ3) is 2.87. The Morgan fingerprint density at radius 3 is 2.25 bits per heavy atom. The Morgan fingerprint density at radius 1 is 1.42 bits per heavy atom. The first-order chi connectivity index (χ1) is 5.41. The topological polar surface area (TPSA) is 29.1 Å². The van der Waals surface area contributed by atoms with Gasteiger partial charge in [-0.2, -0.15) is 0 Å². The van der Waals surface area contributed by atoms with Gasteiger partial charge in [0.1, 0.15) is 0 Å². The average Bonchev–Trinajstić information content (AvgIpc) is 2.65. The van der Waals surface area contributed by atoms with E-state index in [0.29, 0.717) is 6.04 Å². The molecule has 0 saturated heterocycles. The smallest absolute Gasteiger partial charge is 0.0972 e. The maximum atomic E-state index is 11.6. The lowest BCUT2D eigenvalue weighted by atomic mass is 10.2. The molecule has 0 aliphatic heterocycles. The van der Waals surface area contributed by atoms with E-state index in [4.69, 9.17) is 0 Å². The summed E-state index contributed by atoms with van der Waals surface area (Å²) in [7, 11) is -0.898. The van der Waals surface area contributed by atoms with E-state index in [2.05, 4.69) is 11.6 Å². The molecule has 0 spiro atoms. The molecule has 0 heterocycles. The number of nitrogens with one attached hydrogen (secondary N) is 1. The van der Waals surface area contributed by atoms with Crippen LogP contribution in [0.4, 0.5) is 0 Å². The fraction of sp³-hybridized carbons (Fsp3) is 1.00. The summed E-state index contributed by atoms with van der Waals surface area (Å²) >= 11 is 0. The molecule has 1 saturated carbocycles. The lowest BCUT2D eigenvalue weighted by Crippen LogP contribution is -2.39. The van der Waals surface area contributed by atoms with Crippen molar-refractivity contribution in [3.63, 3.8) is 0 Å². The number of rotatable bonds is 3. The molecular formula is C9H19NOS. The maximum Gasteiger partial charge on any atom is 0.0972 e. The van der Waals surface area contributed by atoms with Crippen LogP contribution in [-0.4, -0.2) is 15.0 Å². The van der Waals surface area contributed by atoms with Crippen LogP contribution < -0.4 is 4.72 Å². The molecule has 0 amide bonds. The summed E-state index contributed by atoms with van der Waals surface area (Å²) in [6.45, 7) is 8.11. The zero-order valence-corrected chi connectivity index (χ0v) is 9.20. The van der Waals surface area contributed by atoms with Crippen molar-refractivity contribution < 1.29 is 4.21 Å². The molecule has 1 rings (SSSR count). The van der Waals surface area contributed by atoms with Crippen molar-refractivity contribution in [3.05, 3.63) is 0 Å². The third-order valence-electron chi connectivity index (χ3n) is 2.18. The van der Waals surface area contributed by atoms with Gasteiger partial charge >= 0.3 is 0 Å². The highest BCUT2D eigenvalue weighted by Crippen LogP contribution is 2.32. The monoisotopic (exact) mass is 189 g/mol. The summed E-state index contributed by atoms with van der Waals surface area (Å²) < 4.78 is 14.6. The van der Waals surface area contributed by atoms with E-state index in [9.17, 15) is 4.21 Å². The minimum atomic E-state index is -0.898. The van der Waals surface area contributed by atoms with Crippen LogP contribution in [0.15, 0.2) is 0 Å². The van der Waals surface area contributed by atoms with Gasteiger partial charge in [0.15, 0.2) is 0 Å². The molecule has 0 aromatic carbocycles. The Hall–Kier alpha value is 0.110. The Balaban J connectivity index is 2.34. The average molecular weight is 189 g/mol. The number of hydrogen-bond acceptors (Lipinski definition) is 1. The van der Waals surface area contributed by atoms with E-state index in [1.807, 2.05) is 20.8 Å². The molecular weight excluding hydrogens is 170 g/mol. The summed E-state index contributed by atoms with van der Waals surface area (Å²) in [5, 5.41) is 0. The first-order valence-electron chi connectivity index (χ1n) is 4.59. The molecule has 1 aliphatic rings. The van der Waals surface area contributed by atoms with Gasteiger partial charge in [-0.3, -0.25) is 0 Å². The molecule has 0 aromatic rings. The Morgan fingerprint density at radius 2 is 1.92 bits per heavy atom. The Bertz CT molecular complexity index is 181. The van der Waals surface area contributed by atoms with Gasteiger partial charge in [0.2, 0.25) is 0 Å². The Kier molecular flexibility index (Phi) is 2.94. The lowest BCUT2D eigenvalue weighted by Gasteiger charge is -2.21. The van der Waals surface area contributed by atoms with E-state index >= 15 is 0 Å². The zero-order valence-electron chi connectivity index (χ0n) is 8.39. The van der Waals surface area contributed by atoms with E-state index in [0.717, 1.165) is 5.92 Å². The summed E-state index contributed by atoms with van der Waals surface area (Å²) in [6.07, 6.45) is 2.60. The highest BCUT2D eigenvalue weighted by molar-refractivity contribution is 7.84. The molecule has 0 unspecified atom stereocenters. The van der Waals surface area contributed by atoms with Crippen molar-refractivity contribution in [1.82, 2.24) is 4.72 Å². The predicted octanol–water partition coefficient (Wildman–Crippen LogP) is 1.84. The molecule has 0 bridgehead atoms. The van der Waals surface area contributed by atoms with Crippen LogP contribution in [-0.2, 0) is 11.0 Å². The second-order valence-corrected chi connectivity index (χ2v) is 6.62. The molecule has 1 N–H and O–H groups in total. The molecule has 1 aliphatic carbocycles. The zero-order chi connectivity index (χ0) is 9.35. The van der Waals surface area contributed by atoms with Gasteiger partial charge in [-0.25, -0.2) is 8.93 Å². The van der Waals surface area contributed by atoms with Crippen LogP contribution >= 0.6 is 0 Å². The second kappa shape index (κ2) is 3.46. The van der Waals surface area contributed by atoms with Crippen LogP contribution in [0, 0.1) is 5.92 Å².